The quantitative estimate of drug-likeness (QED) is 0.590. The fraction of sp³-hybridized carbons (Fsp3) is 0.316. The predicted molar refractivity (Wildman–Crippen MR) is 96.7 cm³/mol. The molecule has 0 radical (unpaired) electrons. The molecular weight excluding hydrogens is 358 g/mol. The largest absolute Gasteiger partial charge is 0.462 e. The summed E-state index contributed by atoms with van der Waals surface area (Å²) in [5.41, 5.74) is 2.04. The normalized spacial score (nSPS) is 10.5. The highest BCUT2D eigenvalue weighted by atomic mass is 35.5. The summed E-state index contributed by atoms with van der Waals surface area (Å²) in [6, 6.07) is 6.91. The van der Waals surface area contributed by atoms with Gasteiger partial charge in [0.25, 0.3) is 0 Å². The van der Waals surface area contributed by atoms with Crippen LogP contribution < -0.4 is 0 Å². The van der Waals surface area contributed by atoms with Crippen molar-refractivity contribution in [3.8, 4) is 0 Å². The summed E-state index contributed by atoms with van der Waals surface area (Å²) >= 11 is 6.01. The van der Waals surface area contributed by atoms with Crippen molar-refractivity contribution in [1.29, 1.82) is 0 Å². The molecule has 1 N–H and O–H groups in total. The van der Waals surface area contributed by atoms with Gasteiger partial charge < -0.3 is 14.5 Å². The van der Waals surface area contributed by atoms with Gasteiger partial charge in [0.2, 0.25) is 5.78 Å². The SMILES string of the molecule is CCOC(=O)c1c(C)[nH]c(C)c1C(=O)COC(=O)Cc1ccccc1Cl. The van der Waals surface area contributed by atoms with Gasteiger partial charge in [0.1, 0.15) is 0 Å². The molecule has 6 nitrogen and oxygen atoms in total. The van der Waals surface area contributed by atoms with Crippen molar-refractivity contribution < 1.29 is 23.9 Å². The predicted octanol–water partition coefficient (Wildman–Crippen LogP) is 3.43. The van der Waals surface area contributed by atoms with Crippen molar-refractivity contribution >= 4 is 29.3 Å². The summed E-state index contributed by atoms with van der Waals surface area (Å²) in [4.78, 5) is 39.5. The molecule has 0 spiro atoms. The molecule has 0 atom stereocenters. The van der Waals surface area contributed by atoms with Crippen molar-refractivity contribution in [3.05, 3.63) is 57.4 Å². The van der Waals surface area contributed by atoms with Gasteiger partial charge in [-0.3, -0.25) is 9.59 Å². The van der Waals surface area contributed by atoms with Gasteiger partial charge in [-0.15, -0.1) is 0 Å². The van der Waals surface area contributed by atoms with E-state index in [0.717, 1.165) is 0 Å². The van der Waals surface area contributed by atoms with Gasteiger partial charge in [-0.25, -0.2) is 4.79 Å². The average Bonchev–Trinajstić information content (AvgIpc) is 2.89. The van der Waals surface area contributed by atoms with Gasteiger partial charge in [0, 0.05) is 16.4 Å². The number of aromatic nitrogens is 1. The number of ether oxygens (including phenoxy) is 2. The lowest BCUT2D eigenvalue weighted by atomic mass is 10.1. The average molecular weight is 378 g/mol. The molecule has 1 heterocycles. The molecule has 0 aliphatic carbocycles. The van der Waals surface area contributed by atoms with Crippen molar-refractivity contribution in [2.45, 2.75) is 27.2 Å². The summed E-state index contributed by atoms with van der Waals surface area (Å²) in [6.45, 7) is 4.77. The number of ketones is 1. The number of benzene rings is 1. The van der Waals surface area contributed by atoms with E-state index in [0.29, 0.717) is 22.0 Å². The Balaban J connectivity index is 2.07. The van der Waals surface area contributed by atoms with E-state index in [1.165, 1.54) is 0 Å². The van der Waals surface area contributed by atoms with Crippen molar-refractivity contribution in [3.63, 3.8) is 0 Å². The van der Waals surface area contributed by atoms with E-state index in [4.69, 9.17) is 21.1 Å². The van der Waals surface area contributed by atoms with Gasteiger partial charge in [-0.1, -0.05) is 29.8 Å². The van der Waals surface area contributed by atoms with E-state index in [9.17, 15) is 14.4 Å². The number of Topliss-reactive ketones (excluding diaryl/α,β-unsaturated/α-hetero) is 1. The lowest BCUT2D eigenvalue weighted by molar-refractivity contribution is -0.141. The van der Waals surface area contributed by atoms with Crippen molar-refractivity contribution in [1.82, 2.24) is 4.98 Å². The number of esters is 2. The highest BCUT2D eigenvalue weighted by molar-refractivity contribution is 6.31. The molecule has 0 aliphatic rings. The molecule has 0 saturated heterocycles. The fourth-order valence-corrected chi connectivity index (χ4v) is 2.86. The van der Waals surface area contributed by atoms with Crippen LogP contribution in [-0.2, 0) is 20.7 Å². The summed E-state index contributed by atoms with van der Waals surface area (Å²) in [5, 5.41) is 0.456. The number of aryl methyl sites for hydroxylation is 2. The second-order valence-corrected chi connectivity index (χ2v) is 6.10. The zero-order valence-electron chi connectivity index (χ0n) is 14.8. The Hall–Kier alpha value is -2.60. The molecular formula is C19H20ClNO5. The maximum Gasteiger partial charge on any atom is 0.340 e. The number of hydrogen-bond acceptors (Lipinski definition) is 5. The van der Waals surface area contributed by atoms with Gasteiger partial charge in [-0.2, -0.15) is 0 Å². The summed E-state index contributed by atoms with van der Waals surface area (Å²) in [6.07, 6.45) is -0.0389. The minimum atomic E-state index is -0.583. The first kappa shape index (κ1) is 19.7. The summed E-state index contributed by atoms with van der Waals surface area (Å²) in [5.74, 6) is -1.63. The molecule has 0 unspecified atom stereocenters. The third-order valence-corrected chi connectivity index (χ3v) is 4.16. The standard InChI is InChI=1S/C19H20ClNO5/c1-4-25-19(24)18-12(3)21-11(2)17(18)15(22)10-26-16(23)9-13-7-5-6-8-14(13)20/h5-8,21H,4,9-10H2,1-3H3. The zero-order valence-corrected chi connectivity index (χ0v) is 15.6. The van der Waals surface area contributed by atoms with Crippen LogP contribution in [0.3, 0.4) is 0 Å². The van der Waals surface area contributed by atoms with Crippen LogP contribution in [0.1, 0.15) is 44.6 Å². The maximum absolute atomic E-state index is 12.5. The van der Waals surface area contributed by atoms with Crippen LogP contribution in [0.25, 0.3) is 0 Å². The van der Waals surface area contributed by atoms with E-state index in [1.54, 1.807) is 45.0 Å². The molecule has 2 aromatic rings. The highest BCUT2D eigenvalue weighted by Crippen LogP contribution is 2.21. The van der Waals surface area contributed by atoms with E-state index < -0.39 is 24.3 Å². The van der Waals surface area contributed by atoms with Gasteiger partial charge >= 0.3 is 11.9 Å². The Kier molecular flexibility index (Phi) is 6.58. The number of carbonyl (C=O) groups excluding carboxylic acids is 3. The van der Waals surface area contributed by atoms with Gasteiger partial charge in [-0.05, 0) is 32.4 Å². The number of nitrogens with one attached hydrogen (secondary N) is 1. The number of halogens is 1. The zero-order chi connectivity index (χ0) is 19.3. The molecule has 0 fully saturated rings. The van der Waals surface area contributed by atoms with E-state index in [-0.39, 0.29) is 24.2 Å². The van der Waals surface area contributed by atoms with Crippen LogP contribution in [0.2, 0.25) is 5.02 Å². The molecule has 138 valence electrons. The Morgan fingerprint density at radius 2 is 1.69 bits per heavy atom. The minimum absolute atomic E-state index is 0.0389. The lowest BCUT2D eigenvalue weighted by Gasteiger charge is -2.08. The second-order valence-electron chi connectivity index (χ2n) is 5.70. The first-order valence-electron chi connectivity index (χ1n) is 8.13. The molecule has 0 bridgehead atoms. The van der Waals surface area contributed by atoms with Crippen LogP contribution in [-0.4, -0.2) is 35.9 Å². The number of aromatic amines is 1. The number of carbonyl (C=O) groups is 3. The molecule has 1 aromatic carbocycles. The Bertz CT molecular complexity index is 840. The third-order valence-electron chi connectivity index (χ3n) is 3.79. The molecule has 0 aliphatic heterocycles. The van der Waals surface area contributed by atoms with Crippen molar-refractivity contribution in [2.24, 2.45) is 0 Å². The lowest BCUT2D eigenvalue weighted by Crippen LogP contribution is -2.19. The molecule has 2 rings (SSSR count). The fourth-order valence-electron chi connectivity index (χ4n) is 2.65. The Morgan fingerprint density at radius 1 is 1.04 bits per heavy atom. The molecule has 26 heavy (non-hydrogen) atoms. The van der Waals surface area contributed by atoms with Gasteiger partial charge in [0.05, 0.1) is 24.2 Å². The van der Waals surface area contributed by atoms with E-state index in [2.05, 4.69) is 4.98 Å². The molecule has 1 aromatic heterocycles. The topological polar surface area (TPSA) is 85.5 Å². The summed E-state index contributed by atoms with van der Waals surface area (Å²) < 4.78 is 10.1. The van der Waals surface area contributed by atoms with Crippen molar-refractivity contribution in [2.75, 3.05) is 13.2 Å². The first-order valence-corrected chi connectivity index (χ1v) is 8.51. The molecule has 0 amide bonds. The first-order chi connectivity index (χ1) is 12.3. The summed E-state index contributed by atoms with van der Waals surface area (Å²) in [7, 11) is 0. The van der Waals surface area contributed by atoms with Crippen LogP contribution >= 0.6 is 11.6 Å². The monoisotopic (exact) mass is 377 g/mol. The van der Waals surface area contributed by atoms with E-state index in [1.807, 2.05) is 0 Å². The van der Waals surface area contributed by atoms with Crippen LogP contribution in [0.5, 0.6) is 0 Å². The maximum atomic E-state index is 12.5. The minimum Gasteiger partial charge on any atom is -0.462 e. The van der Waals surface area contributed by atoms with Crippen LogP contribution in [0, 0.1) is 13.8 Å². The van der Waals surface area contributed by atoms with Gasteiger partial charge in [0.15, 0.2) is 6.61 Å². The molecule has 7 heteroatoms. The number of hydrogen-bond donors (Lipinski definition) is 1. The number of rotatable bonds is 7. The third kappa shape index (κ3) is 4.52. The molecule has 0 saturated carbocycles. The number of H-pyrrole nitrogens is 1. The van der Waals surface area contributed by atoms with Crippen LogP contribution in [0.4, 0.5) is 0 Å². The second kappa shape index (κ2) is 8.67. The highest BCUT2D eigenvalue weighted by Gasteiger charge is 2.26. The Morgan fingerprint density at radius 3 is 2.35 bits per heavy atom. The smallest absolute Gasteiger partial charge is 0.340 e. The van der Waals surface area contributed by atoms with E-state index >= 15 is 0 Å². The van der Waals surface area contributed by atoms with Crippen LogP contribution in [0.15, 0.2) is 24.3 Å². The Labute approximate surface area is 156 Å².